The quantitative estimate of drug-likeness (QED) is 0.458. The molecule has 8 nitrogen and oxygen atoms in total. The van der Waals surface area contributed by atoms with Crippen LogP contribution in [-0.4, -0.2) is 28.2 Å². The standard InChI is InChI=1S/C19H15N5O3S2/c1-12-4-6-14(7-5-12)29(25,26)19-18-21-17(20-11-13-3-2-9-27-13)16-15(8-10-28-16)24(18)23-22-19/h2-10H,11H2,1H3,(H,20,21). The molecule has 0 bridgehead atoms. The zero-order valence-corrected chi connectivity index (χ0v) is 16.9. The Morgan fingerprint density at radius 2 is 2.00 bits per heavy atom. The van der Waals surface area contributed by atoms with Gasteiger partial charge in [0.05, 0.1) is 27.9 Å². The Morgan fingerprint density at radius 1 is 1.17 bits per heavy atom. The molecule has 29 heavy (non-hydrogen) atoms. The van der Waals surface area contributed by atoms with Crippen LogP contribution in [0.2, 0.25) is 0 Å². The van der Waals surface area contributed by atoms with Crippen molar-refractivity contribution in [1.82, 2.24) is 19.8 Å². The van der Waals surface area contributed by atoms with Gasteiger partial charge in [-0.15, -0.1) is 16.4 Å². The molecule has 0 aliphatic rings. The van der Waals surface area contributed by atoms with Crippen molar-refractivity contribution in [3.8, 4) is 0 Å². The van der Waals surface area contributed by atoms with Crippen molar-refractivity contribution in [2.45, 2.75) is 23.4 Å². The van der Waals surface area contributed by atoms with Gasteiger partial charge >= 0.3 is 0 Å². The van der Waals surface area contributed by atoms with Crippen molar-refractivity contribution in [2.75, 3.05) is 5.32 Å². The summed E-state index contributed by atoms with van der Waals surface area (Å²) in [5.74, 6) is 1.30. The number of nitrogens with one attached hydrogen (secondary N) is 1. The summed E-state index contributed by atoms with van der Waals surface area (Å²) in [6.45, 7) is 2.32. The van der Waals surface area contributed by atoms with Crippen LogP contribution in [0, 0.1) is 6.92 Å². The number of furan rings is 1. The summed E-state index contributed by atoms with van der Waals surface area (Å²) < 4.78 is 34.0. The second kappa shape index (κ2) is 6.68. The van der Waals surface area contributed by atoms with E-state index in [0.717, 1.165) is 21.5 Å². The first kappa shape index (κ1) is 17.8. The number of anilines is 1. The zero-order chi connectivity index (χ0) is 20.0. The minimum Gasteiger partial charge on any atom is -0.467 e. The summed E-state index contributed by atoms with van der Waals surface area (Å²) in [4.78, 5) is 4.72. The van der Waals surface area contributed by atoms with E-state index in [9.17, 15) is 8.42 Å². The number of aromatic nitrogens is 4. The summed E-state index contributed by atoms with van der Waals surface area (Å²) in [7, 11) is -3.87. The SMILES string of the molecule is Cc1ccc(S(=O)(=O)c2nnn3c2nc(NCc2ccco2)c2sccc23)cc1. The molecule has 1 aromatic carbocycles. The molecular weight excluding hydrogens is 410 g/mol. The van der Waals surface area contributed by atoms with Gasteiger partial charge in [0.1, 0.15) is 11.6 Å². The van der Waals surface area contributed by atoms with E-state index < -0.39 is 9.84 Å². The van der Waals surface area contributed by atoms with Crippen molar-refractivity contribution in [1.29, 1.82) is 0 Å². The molecule has 0 atom stereocenters. The number of hydrogen-bond acceptors (Lipinski definition) is 8. The fraction of sp³-hybridized carbons (Fsp3) is 0.105. The lowest BCUT2D eigenvalue weighted by Crippen LogP contribution is -2.06. The van der Waals surface area contributed by atoms with E-state index in [2.05, 4.69) is 20.6 Å². The van der Waals surface area contributed by atoms with Gasteiger partial charge in [-0.05, 0) is 42.6 Å². The van der Waals surface area contributed by atoms with E-state index in [-0.39, 0.29) is 15.6 Å². The number of aryl methyl sites for hydroxylation is 1. The molecule has 0 saturated heterocycles. The van der Waals surface area contributed by atoms with Gasteiger partial charge in [-0.2, -0.15) is 4.52 Å². The Balaban J connectivity index is 1.66. The fourth-order valence-corrected chi connectivity index (χ4v) is 5.10. The Kier molecular flexibility index (Phi) is 4.10. The fourth-order valence-electron chi connectivity index (χ4n) is 3.03. The first-order valence-electron chi connectivity index (χ1n) is 8.75. The molecule has 0 aliphatic heterocycles. The third-order valence-electron chi connectivity index (χ3n) is 4.52. The van der Waals surface area contributed by atoms with Crippen LogP contribution in [0.3, 0.4) is 0 Å². The number of hydrogen-bond donors (Lipinski definition) is 1. The molecule has 5 rings (SSSR count). The van der Waals surface area contributed by atoms with Crippen LogP contribution in [0.5, 0.6) is 0 Å². The van der Waals surface area contributed by atoms with E-state index in [1.54, 1.807) is 30.5 Å². The minimum absolute atomic E-state index is 0.155. The molecule has 146 valence electrons. The highest BCUT2D eigenvalue weighted by molar-refractivity contribution is 7.91. The summed E-state index contributed by atoms with van der Waals surface area (Å²) in [5.41, 5.74) is 1.89. The van der Waals surface area contributed by atoms with Crippen molar-refractivity contribution >= 4 is 42.9 Å². The first-order chi connectivity index (χ1) is 14.0. The van der Waals surface area contributed by atoms with Crippen LogP contribution in [-0.2, 0) is 16.4 Å². The number of sulfone groups is 1. The highest BCUT2D eigenvalue weighted by Gasteiger charge is 2.27. The Hall–Kier alpha value is -3.24. The third-order valence-corrected chi connectivity index (χ3v) is 7.09. The molecule has 0 unspecified atom stereocenters. The number of rotatable bonds is 5. The van der Waals surface area contributed by atoms with E-state index in [1.807, 2.05) is 30.5 Å². The van der Waals surface area contributed by atoms with Crippen molar-refractivity contribution in [3.63, 3.8) is 0 Å². The van der Waals surface area contributed by atoms with Gasteiger partial charge in [-0.1, -0.05) is 22.9 Å². The summed E-state index contributed by atoms with van der Waals surface area (Å²) in [6, 6.07) is 12.2. The number of nitrogens with zero attached hydrogens (tertiary/aromatic N) is 4. The topological polar surface area (TPSA) is 102 Å². The molecule has 10 heteroatoms. The summed E-state index contributed by atoms with van der Waals surface area (Å²) in [5, 5.41) is 13.0. The van der Waals surface area contributed by atoms with Crippen LogP contribution in [0.25, 0.3) is 15.9 Å². The highest BCUT2D eigenvalue weighted by atomic mass is 32.2. The van der Waals surface area contributed by atoms with Crippen LogP contribution in [0.15, 0.2) is 68.4 Å². The maximum absolute atomic E-state index is 13.2. The monoisotopic (exact) mass is 425 g/mol. The average molecular weight is 425 g/mol. The predicted octanol–water partition coefficient (Wildman–Crippen LogP) is 3.69. The van der Waals surface area contributed by atoms with Crippen molar-refractivity contribution < 1.29 is 12.8 Å². The molecule has 0 amide bonds. The largest absolute Gasteiger partial charge is 0.467 e. The second-order valence-corrected chi connectivity index (χ2v) is 9.26. The Bertz CT molecular complexity index is 1420. The highest BCUT2D eigenvalue weighted by Crippen LogP contribution is 2.31. The molecule has 0 saturated carbocycles. The number of benzene rings is 1. The molecule has 0 radical (unpaired) electrons. The Labute approximate surface area is 169 Å². The van der Waals surface area contributed by atoms with Gasteiger partial charge in [-0.25, -0.2) is 13.4 Å². The molecular formula is C19H15N5O3S2. The lowest BCUT2D eigenvalue weighted by Gasteiger charge is -2.07. The molecule has 0 fully saturated rings. The molecule has 5 aromatic rings. The molecule has 1 N–H and O–H groups in total. The van der Waals surface area contributed by atoms with Gasteiger partial charge < -0.3 is 9.73 Å². The van der Waals surface area contributed by atoms with E-state index >= 15 is 0 Å². The molecule has 0 spiro atoms. The van der Waals surface area contributed by atoms with Gasteiger partial charge in [0.2, 0.25) is 14.9 Å². The van der Waals surface area contributed by atoms with Crippen LogP contribution < -0.4 is 5.32 Å². The zero-order valence-electron chi connectivity index (χ0n) is 15.2. The minimum atomic E-state index is -3.87. The van der Waals surface area contributed by atoms with Crippen molar-refractivity contribution in [2.24, 2.45) is 0 Å². The molecule has 4 heterocycles. The van der Waals surface area contributed by atoms with E-state index in [0.29, 0.717) is 12.4 Å². The number of thiophene rings is 1. The Morgan fingerprint density at radius 3 is 2.76 bits per heavy atom. The van der Waals surface area contributed by atoms with Crippen LogP contribution in [0.4, 0.5) is 5.82 Å². The molecule has 4 aromatic heterocycles. The normalized spacial score (nSPS) is 12.0. The third kappa shape index (κ3) is 2.97. The average Bonchev–Trinajstić information content (AvgIpc) is 3.45. The second-order valence-electron chi connectivity index (χ2n) is 6.47. The van der Waals surface area contributed by atoms with Gasteiger partial charge in [0.25, 0.3) is 0 Å². The number of fused-ring (bicyclic) bond motifs is 3. The maximum Gasteiger partial charge on any atom is 0.229 e. The van der Waals surface area contributed by atoms with Crippen LogP contribution in [0.1, 0.15) is 11.3 Å². The maximum atomic E-state index is 13.2. The lowest BCUT2D eigenvalue weighted by atomic mass is 10.2. The smallest absolute Gasteiger partial charge is 0.229 e. The van der Waals surface area contributed by atoms with Crippen LogP contribution >= 0.6 is 11.3 Å². The lowest BCUT2D eigenvalue weighted by molar-refractivity contribution is 0.518. The van der Waals surface area contributed by atoms with Gasteiger partial charge in [0, 0.05) is 0 Å². The predicted molar refractivity (Wildman–Crippen MR) is 109 cm³/mol. The van der Waals surface area contributed by atoms with Gasteiger partial charge in [0.15, 0.2) is 5.65 Å². The van der Waals surface area contributed by atoms with Crippen molar-refractivity contribution in [3.05, 3.63) is 65.4 Å². The first-order valence-corrected chi connectivity index (χ1v) is 11.1. The van der Waals surface area contributed by atoms with E-state index in [4.69, 9.17) is 4.42 Å². The summed E-state index contributed by atoms with van der Waals surface area (Å²) in [6.07, 6.45) is 1.60. The summed E-state index contributed by atoms with van der Waals surface area (Å²) >= 11 is 1.49. The molecule has 0 aliphatic carbocycles. The van der Waals surface area contributed by atoms with Gasteiger partial charge in [-0.3, -0.25) is 0 Å². The van der Waals surface area contributed by atoms with E-state index in [1.165, 1.54) is 15.9 Å².